The third kappa shape index (κ3) is 2.91. The van der Waals surface area contributed by atoms with Crippen molar-refractivity contribution >= 4 is 0 Å². The lowest BCUT2D eigenvalue weighted by Gasteiger charge is -2.44. The number of hydrogen-bond acceptors (Lipinski definition) is 2. The fourth-order valence-electron chi connectivity index (χ4n) is 5.79. The lowest BCUT2D eigenvalue weighted by Crippen LogP contribution is -2.40. The van der Waals surface area contributed by atoms with Crippen molar-refractivity contribution in [2.24, 2.45) is 16.7 Å². The smallest absolute Gasteiger partial charge is 0.0604 e. The molecular formula is C19H32O2. The predicted octanol–water partition coefficient (Wildman–Crippen LogP) is 4.71. The van der Waals surface area contributed by atoms with E-state index in [1.165, 1.54) is 77.0 Å². The summed E-state index contributed by atoms with van der Waals surface area (Å²) in [5, 5.41) is 0. The van der Waals surface area contributed by atoms with E-state index in [4.69, 9.17) is 9.47 Å². The summed E-state index contributed by atoms with van der Waals surface area (Å²) >= 11 is 0. The van der Waals surface area contributed by atoms with Gasteiger partial charge in [-0.25, -0.2) is 0 Å². The Kier molecular flexibility index (Phi) is 4.04. The van der Waals surface area contributed by atoms with Crippen molar-refractivity contribution in [2.75, 3.05) is 19.8 Å². The lowest BCUT2D eigenvalue weighted by molar-refractivity contribution is -0.101. The third-order valence-electron chi connectivity index (χ3n) is 7.15. The van der Waals surface area contributed by atoms with Gasteiger partial charge < -0.3 is 9.47 Å². The summed E-state index contributed by atoms with van der Waals surface area (Å²) in [6.07, 6.45) is 17.4. The molecule has 2 saturated heterocycles. The molecule has 0 aromatic heterocycles. The molecule has 2 heteroatoms. The quantitative estimate of drug-likeness (QED) is 0.696. The minimum absolute atomic E-state index is 0.534. The number of ether oxygens (including phenoxy) is 2. The normalized spacial score (nSPS) is 43.4. The van der Waals surface area contributed by atoms with Crippen LogP contribution in [0.3, 0.4) is 0 Å². The van der Waals surface area contributed by atoms with Crippen molar-refractivity contribution in [3.8, 4) is 0 Å². The molecule has 0 aromatic carbocycles. The van der Waals surface area contributed by atoms with Gasteiger partial charge in [0.1, 0.15) is 0 Å². The maximum atomic E-state index is 6.45. The second-order valence-corrected chi connectivity index (χ2v) is 8.61. The Morgan fingerprint density at radius 1 is 0.714 bits per heavy atom. The third-order valence-corrected chi connectivity index (χ3v) is 7.15. The second kappa shape index (κ2) is 5.85. The number of hydrogen-bond donors (Lipinski definition) is 0. The van der Waals surface area contributed by atoms with Crippen molar-refractivity contribution in [1.82, 2.24) is 0 Å². The van der Waals surface area contributed by atoms with Gasteiger partial charge in [-0.1, -0.05) is 19.3 Å². The summed E-state index contributed by atoms with van der Waals surface area (Å²) in [5.74, 6) is 0.827. The summed E-state index contributed by atoms with van der Waals surface area (Å²) in [5.41, 5.74) is 1.12. The van der Waals surface area contributed by atoms with Gasteiger partial charge in [-0.2, -0.15) is 0 Å². The SMILES string of the molecule is C1CCC2(CC1)CCC(C1CCC3(CCCOC3)C1)OC2. The van der Waals surface area contributed by atoms with E-state index in [-0.39, 0.29) is 0 Å². The van der Waals surface area contributed by atoms with Crippen LogP contribution in [-0.2, 0) is 9.47 Å². The van der Waals surface area contributed by atoms with E-state index in [9.17, 15) is 0 Å². The van der Waals surface area contributed by atoms with Crippen LogP contribution in [0.25, 0.3) is 0 Å². The Labute approximate surface area is 130 Å². The molecule has 2 heterocycles. The first-order valence-corrected chi connectivity index (χ1v) is 9.49. The fourth-order valence-corrected chi connectivity index (χ4v) is 5.79. The Bertz CT molecular complexity index is 343. The predicted molar refractivity (Wildman–Crippen MR) is 84.3 cm³/mol. The molecule has 0 amide bonds. The van der Waals surface area contributed by atoms with Gasteiger partial charge in [0, 0.05) is 6.61 Å². The van der Waals surface area contributed by atoms with Gasteiger partial charge in [0.15, 0.2) is 0 Å². The summed E-state index contributed by atoms with van der Waals surface area (Å²) < 4.78 is 12.2. The molecule has 4 aliphatic rings. The molecule has 4 rings (SSSR count). The van der Waals surface area contributed by atoms with E-state index in [1.54, 1.807) is 0 Å². The highest BCUT2D eigenvalue weighted by molar-refractivity contribution is 4.96. The van der Waals surface area contributed by atoms with Gasteiger partial charge in [0.25, 0.3) is 0 Å². The molecule has 4 fully saturated rings. The first-order valence-electron chi connectivity index (χ1n) is 9.49. The van der Waals surface area contributed by atoms with Gasteiger partial charge in [0.05, 0.1) is 19.3 Å². The van der Waals surface area contributed by atoms with Crippen molar-refractivity contribution < 1.29 is 9.47 Å². The van der Waals surface area contributed by atoms with Gasteiger partial charge in [-0.05, 0) is 74.5 Å². The van der Waals surface area contributed by atoms with Crippen molar-refractivity contribution in [1.29, 1.82) is 0 Å². The molecule has 0 radical (unpaired) electrons. The highest BCUT2D eigenvalue weighted by Crippen LogP contribution is 2.51. The Hall–Kier alpha value is -0.0800. The van der Waals surface area contributed by atoms with Crippen LogP contribution in [-0.4, -0.2) is 25.9 Å². The Balaban J connectivity index is 1.32. The summed E-state index contributed by atoms with van der Waals surface area (Å²) in [7, 11) is 0. The standard InChI is InChI=1S/C19H32O2/c1-2-7-18(8-3-1)11-6-17(21-15-18)16-5-10-19(13-16)9-4-12-20-14-19/h16-17H,1-15H2. The molecule has 120 valence electrons. The van der Waals surface area contributed by atoms with Crippen LogP contribution in [0.1, 0.15) is 77.0 Å². The second-order valence-electron chi connectivity index (χ2n) is 8.61. The summed E-state index contributed by atoms with van der Waals surface area (Å²) in [4.78, 5) is 0. The Morgan fingerprint density at radius 2 is 1.52 bits per heavy atom. The highest BCUT2D eigenvalue weighted by Gasteiger charge is 2.46. The van der Waals surface area contributed by atoms with Gasteiger partial charge in [0.2, 0.25) is 0 Å². The highest BCUT2D eigenvalue weighted by atomic mass is 16.5. The zero-order valence-electron chi connectivity index (χ0n) is 13.6. The first-order chi connectivity index (χ1) is 10.3. The molecule has 21 heavy (non-hydrogen) atoms. The molecule has 2 saturated carbocycles. The zero-order chi connectivity index (χ0) is 14.2. The van der Waals surface area contributed by atoms with Crippen LogP contribution in [0.2, 0.25) is 0 Å². The average molecular weight is 292 g/mol. The molecule has 0 N–H and O–H groups in total. The zero-order valence-corrected chi connectivity index (χ0v) is 13.6. The number of rotatable bonds is 1. The van der Waals surface area contributed by atoms with Crippen molar-refractivity contribution in [2.45, 2.75) is 83.2 Å². The molecular weight excluding hydrogens is 260 g/mol. The summed E-state index contributed by atoms with van der Waals surface area (Å²) in [6, 6.07) is 0. The van der Waals surface area contributed by atoms with Gasteiger partial charge in [-0.3, -0.25) is 0 Å². The van der Waals surface area contributed by atoms with Crippen LogP contribution in [0.4, 0.5) is 0 Å². The maximum absolute atomic E-state index is 6.45. The van der Waals surface area contributed by atoms with E-state index in [0.29, 0.717) is 16.9 Å². The van der Waals surface area contributed by atoms with Crippen LogP contribution in [0.15, 0.2) is 0 Å². The van der Waals surface area contributed by atoms with Crippen LogP contribution in [0, 0.1) is 16.7 Å². The van der Waals surface area contributed by atoms with E-state index < -0.39 is 0 Å². The molecule has 0 aromatic rings. The van der Waals surface area contributed by atoms with E-state index in [1.807, 2.05) is 0 Å². The molecule has 2 aliphatic heterocycles. The van der Waals surface area contributed by atoms with Crippen molar-refractivity contribution in [3.63, 3.8) is 0 Å². The van der Waals surface area contributed by atoms with Crippen LogP contribution >= 0.6 is 0 Å². The maximum Gasteiger partial charge on any atom is 0.0604 e. The molecule has 2 spiro atoms. The molecule has 2 aliphatic carbocycles. The lowest BCUT2D eigenvalue weighted by atomic mass is 9.69. The topological polar surface area (TPSA) is 18.5 Å². The molecule has 2 nitrogen and oxygen atoms in total. The average Bonchev–Trinajstić information content (AvgIpc) is 2.93. The molecule has 3 unspecified atom stereocenters. The largest absolute Gasteiger partial charge is 0.381 e. The van der Waals surface area contributed by atoms with Gasteiger partial charge in [-0.15, -0.1) is 0 Å². The van der Waals surface area contributed by atoms with Crippen LogP contribution < -0.4 is 0 Å². The van der Waals surface area contributed by atoms with E-state index in [0.717, 1.165) is 25.7 Å². The van der Waals surface area contributed by atoms with E-state index in [2.05, 4.69) is 0 Å². The van der Waals surface area contributed by atoms with Crippen molar-refractivity contribution in [3.05, 3.63) is 0 Å². The first kappa shape index (κ1) is 14.5. The summed E-state index contributed by atoms with van der Waals surface area (Å²) in [6.45, 7) is 3.09. The fraction of sp³-hybridized carbons (Fsp3) is 1.00. The van der Waals surface area contributed by atoms with Gasteiger partial charge >= 0.3 is 0 Å². The minimum atomic E-state index is 0.534. The Morgan fingerprint density at radius 3 is 2.24 bits per heavy atom. The van der Waals surface area contributed by atoms with E-state index >= 15 is 0 Å². The monoisotopic (exact) mass is 292 g/mol. The molecule has 3 atom stereocenters. The molecule has 0 bridgehead atoms. The van der Waals surface area contributed by atoms with Crippen LogP contribution in [0.5, 0.6) is 0 Å². The minimum Gasteiger partial charge on any atom is -0.381 e.